The van der Waals surface area contributed by atoms with E-state index in [0.717, 1.165) is 6.54 Å². The number of hydrogen-bond acceptors (Lipinski definition) is 3. The molecule has 0 saturated heterocycles. The zero-order valence-electron chi connectivity index (χ0n) is 8.12. The third kappa shape index (κ3) is 1.97. The highest BCUT2D eigenvalue weighted by atomic mass is 32.1. The molecule has 1 unspecified atom stereocenters. The molecule has 0 aliphatic heterocycles. The number of aryl methyl sites for hydroxylation is 1. The molecule has 3 heteroatoms. The van der Waals surface area contributed by atoms with Gasteiger partial charge in [0, 0.05) is 23.9 Å². The van der Waals surface area contributed by atoms with Crippen LogP contribution in [0.4, 0.5) is 0 Å². The molecule has 0 bridgehead atoms. The molecule has 1 aromatic heterocycles. The summed E-state index contributed by atoms with van der Waals surface area (Å²) in [6.07, 6.45) is 4.34. The zero-order valence-corrected chi connectivity index (χ0v) is 8.94. The van der Waals surface area contributed by atoms with Crippen LogP contribution in [0.25, 0.3) is 0 Å². The Morgan fingerprint density at radius 1 is 1.64 bits per heavy atom. The molecule has 1 atom stereocenters. The van der Waals surface area contributed by atoms with Crippen molar-refractivity contribution in [1.82, 2.24) is 5.32 Å². The van der Waals surface area contributed by atoms with Gasteiger partial charge in [0.2, 0.25) is 0 Å². The van der Waals surface area contributed by atoms with Crippen LogP contribution in [0.5, 0.6) is 0 Å². The van der Waals surface area contributed by atoms with Crippen LogP contribution < -0.4 is 5.32 Å². The van der Waals surface area contributed by atoms with E-state index in [4.69, 9.17) is 5.26 Å². The molecule has 0 radical (unpaired) electrons. The van der Waals surface area contributed by atoms with Crippen LogP contribution in [0.2, 0.25) is 0 Å². The highest BCUT2D eigenvalue weighted by Crippen LogP contribution is 2.32. The Morgan fingerprint density at radius 2 is 2.57 bits per heavy atom. The maximum Gasteiger partial charge on any atom is 0.0635 e. The van der Waals surface area contributed by atoms with Crippen LogP contribution >= 0.6 is 11.3 Å². The molecule has 14 heavy (non-hydrogen) atoms. The van der Waals surface area contributed by atoms with E-state index >= 15 is 0 Å². The smallest absolute Gasteiger partial charge is 0.0635 e. The van der Waals surface area contributed by atoms with Crippen molar-refractivity contribution in [3.8, 4) is 6.07 Å². The van der Waals surface area contributed by atoms with Crippen LogP contribution in [0, 0.1) is 11.3 Å². The van der Waals surface area contributed by atoms with Gasteiger partial charge in [-0.1, -0.05) is 0 Å². The molecule has 0 saturated carbocycles. The van der Waals surface area contributed by atoms with Gasteiger partial charge in [-0.2, -0.15) is 5.26 Å². The summed E-state index contributed by atoms with van der Waals surface area (Å²) in [6, 6.07) is 4.89. The average molecular weight is 206 g/mol. The maximum absolute atomic E-state index is 8.46. The number of fused-ring (bicyclic) bond motifs is 1. The SMILES string of the molecule is N#CCCNC1CCCc2sccc21. The lowest BCUT2D eigenvalue weighted by atomic mass is 9.94. The van der Waals surface area contributed by atoms with Crippen molar-refractivity contribution in [1.29, 1.82) is 5.26 Å². The van der Waals surface area contributed by atoms with Crippen LogP contribution in [0.15, 0.2) is 11.4 Å². The van der Waals surface area contributed by atoms with Crippen molar-refractivity contribution in [3.05, 3.63) is 21.9 Å². The molecule has 1 heterocycles. The summed E-state index contributed by atoms with van der Waals surface area (Å²) < 4.78 is 0. The number of nitrogens with zero attached hydrogens (tertiary/aromatic N) is 1. The number of thiophene rings is 1. The first-order chi connectivity index (χ1) is 6.92. The van der Waals surface area contributed by atoms with Crippen LogP contribution in [-0.4, -0.2) is 6.54 Å². The van der Waals surface area contributed by atoms with Gasteiger partial charge in [-0.25, -0.2) is 0 Å². The summed E-state index contributed by atoms with van der Waals surface area (Å²) >= 11 is 1.86. The predicted octanol–water partition coefficient (Wildman–Crippen LogP) is 2.63. The fraction of sp³-hybridized carbons (Fsp3) is 0.545. The molecule has 0 aromatic carbocycles. The summed E-state index contributed by atoms with van der Waals surface area (Å²) in [5.41, 5.74) is 1.47. The molecule has 1 N–H and O–H groups in total. The van der Waals surface area contributed by atoms with E-state index in [2.05, 4.69) is 22.8 Å². The molecule has 1 aliphatic carbocycles. The Bertz CT molecular complexity index is 337. The Hall–Kier alpha value is -0.850. The van der Waals surface area contributed by atoms with E-state index in [9.17, 15) is 0 Å². The van der Waals surface area contributed by atoms with E-state index in [1.165, 1.54) is 29.7 Å². The van der Waals surface area contributed by atoms with Gasteiger partial charge >= 0.3 is 0 Å². The predicted molar refractivity (Wildman–Crippen MR) is 58.2 cm³/mol. The van der Waals surface area contributed by atoms with E-state index in [1.54, 1.807) is 0 Å². The molecular formula is C11H14N2S. The second kappa shape index (κ2) is 4.59. The van der Waals surface area contributed by atoms with Crippen molar-refractivity contribution in [3.63, 3.8) is 0 Å². The lowest BCUT2D eigenvalue weighted by Gasteiger charge is -2.23. The molecule has 1 aliphatic rings. The van der Waals surface area contributed by atoms with E-state index in [-0.39, 0.29) is 0 Å². The Kier molecular flexibility index (Phi) is 3.18. The highest BCUT2D eigenvalue weighted by molar-refractivity contribution is 7.10. The Morgan fingerprint density at radius 3 is 3.43 bits per heavy atom. The lowest BCUT2D eigenvalue weighted by Crippen LogP contribution is -2.24. The molecular weight excluding hydrogens is 192 g/mol. The molecule has 1 aromatic rings. The fourth-order valence-corrected chi connectivity index (χ4v) is 2.99. The van der Waals surface area contributed by atoms with Crippen molar-refractivity contribution in [2.75, 3.05) is 6.54 Å². The van der Waals surface area contributed by atoms with Crippen molar-refractivity contribution < 1.29 is 0 Å². The standard InChI is InChI=1S/C11H14N2S/c12-6-2-7-13-10-3-1-4-11-9(10)5-8-14-11/h5,8,10,13H,1-4,7H2. The monoisotopic (exact) mass is 206 g/mol. The minimum atomic E-state index is 0.498. The average Bonchev–Trinajstić information content (AvgIpc) is 2.67. The zero-order chi connectivity index (χ0) is 9.80. The number of hydrogen-bond donors (Lipinski definition) is 1. The van der Waals surface area contributed by atoms with Gasteiger partial charge < -0.3 is 5.32 Å². The van der Waals surface area contributed by atoms with Gasteiger partial charge in [0.25, 0.3) is 0 Å². The van der Waals surface area contributed by atoms with Gasteiger partial charge in [-0.3, -0.25) is 0 Å². The van der Waals surface area contributed by atoms with Crippen molar-refractivity contribution >= 4 is 11.3 Å². The number of rotatable bonds is 3. The summed E-state index contributed by atoms with van der Waals surface area (Å²) in [6.45, 7) is 0.816. The van der Waals surface area contributed by atoms with Crippen LogP contribution in [-0.2, 0) is 6.42 Å². The van der Waals surface area contributed by atoms with Crippen molar-refractivity contribution in [2.45, 2.75) is 31.7 Å². The fourth-order valence-electron chi connectivity index (χ4n) is 2.00. The molecule has 0 spiro atoms. The summed E-state index contributed by atoms with van der Waals surface area (Å²) in [5.74, 6) is 0. The first-order valence-electron chi connectivity index (χ1n) is 5.08. The topological polar surface area (TPSA) is 35.8 Å². The van der Waals surface area contributed by atoms with Gasteiger partial charge in [-0.05, 0) is 36.3 Å². The quantitative estimate of drug-likeness (QED) is 0.772. The summed E-state index contributed by atoms with van der Waals surface area (Å²) in [4.78, 5) is 1.53. The van der Waals surface area contributed by atoms with Crippen molar-refractivity contribution in [2.24, 2.45) is 0 Å². The van der Waals surface area contributed by atoms with Gasteiger partial charge in [-0.15, -0.1) is 11.3 Å². The molecule has 2 nitrogen and oxygen atoms in total. The lowest BCUT2D eigenvalue weighted by molar-refractivity contribution is 0.469. The minimum Gasteiger partial charge on any atom is -0.309 e. The third-order valence-corrected chi connectivity index (χ3v) is 3.68. The first-order valence-corrected chi connectivity index (χ1v) is 5.96. The largest absolute Gasteiger partial charge is 0.309 e. The third-order valence-electron chi connectivity index (χ3n) is 2.68. The van der Waals surface area contributed by atoms with Crippen LogP contribution in [0.3, 0.4) is 0 Å². The number of nitriles is 1. The van der Waals surface area contributed by atoms with E-state index < -0.39 is 0 Å². The highest BCUT2D eigenvalue weighted by Gasteiger charge is 2.19. The molecule has 74 valence electrons. The maximum atomic E-state index is 8.46. The van der Waals surface area contributed by atoms with E-state index in [0.29, 0.717) is 12.5 Å². The first kappa shape index (κ1) is 9.70. The van der Waals surface area contributed by atoms with Gasteiger partial charge in [0.05, 0.1) is 6.07 Å². The van der Waals surface area contributed by atoms with E-state index in [1.807, 2.05) is 11.3 Å². The summed E-state index contributed by atoms with van der Waals surface area (Å²) in [5, 5.41) is 14.1. The van der Waals surface area contributed by atoms with Crippen LogP contribution in [0.1, 0.15) is 35.7 Å². The second-order valence-corrected chi connectivity index (χ2v) is 4.61. The molecule has 2 rings (SSSR count). The minimum absolute atomic E-state index is 0.498. The second-order valence-electron chi connectivity index (χ2n) is 3.61. The molecule has 0 fully saturated rings. The molecule has 0 amide bonds. The normalized spacial score (nSPS) is 20.1. The Balaban J connectivity index is 1.99. The van der Waals surface area contributed by atoms with Gasteiger partial charge in [0.1, 0.15) is 0 Å². The number of nitrogens with one attached hydrogen (secondary N) is 1. The van der Waals surface area contributed by atoms with Gasteiger partial charge in [0.15, 0.2) is 0 Å². The Labute approximate surface area is 88.6 Å². The summed E-state index contributed by atoms with van der Waals surface area (Å²) in [7, 11) is 0.